The number of fused-ring (bicyclic) bond motifs is 10. The standard InChI is InChI=1S/C30H17N3O/c1-3-11-24-19(8-1)21-14-15-22-20-9-2-4-13-26(20)34-30(22)29(21)33(24)25-12-5-10-23-27(25)28-18(17-32-23)7-6-16-31-28/h1-17H. The summed E-state index contributed by atoms with van der Waals surface area (Å²) in [5.74, 6) is 0. The molecule has 0 amide bonds. The molecule has 0 N–H and O–H groups in total. The van der Waals surface area contributed by atoms with Crippen molar-refractivity contribution in [1.82, 2.24) is 14.5 Å². The van der Waals surface area contributed by atoms with Gasteiger partial charge in [-0.15, -0.1) is 0 Å². The zero-order valence-electron chi connectivity index (χ0n) is 18.1. The van der Waals surface area contributed by atoms with Crippen molar-refractivity contribution < 1.29 is 4.42 Å². The summed E-state index contributed by atoms with van der Waals surface area (Å²) in [5.41, 5.74) is 6.91. The van der Waals surface area contributed by atoms with Gasteiger partial charge >= 0.3 is 0 Å². The lowest BCUT2D eigenvalue weighted by Crippen LogP contribution is -1.97. The van der Waals surface area contributed by atoms with E-state index >= 15 is 0 Å². The van der Waals surface area contributed by atoms with Crippen molar-refractivity contribution in [3.8, 4) is 5.69 Å². The SMILES string of the molecule is c1cnc2c(c1)cnc1cccc(-n3c4ccccc4c4ccc5c6ccccc6oc5c43)c12. The van der Waals surface area contributed by atoms with Gasteiger partial charge in [-0.3, -0.25) is 9.97 Å². The van der Waals surface area contributed by atoms with Crippen molar-refractivity contribution in [2.75, 3.05) is 0 Å². The van der Waals surface area contributed by atoms with Gasteiger partial charge in [0.25, 0.3) is 0 Å². The summed E-state index contributed by atoms with van der Waals surface area (Å²) in [7, 11) is 0. The molecule has 0 aliphatic rings. The van der Waals surface area contributed by atoms with Crippen molar-refractivity contribution in [1.29, 1.82) is 0 Å². The topological polar surface area (TPSA) is 43.9 Å². The summed E-state index contributed by atoms with van der Waals surface area (Å²) < 4.78 is 8.83. The third kappa shape index (κ3) is 2.22. The Morgan fingerprint density at radius 2 is 1.50 bits per heavy atom. The van der Waals surface area contributed by atoms with Crippen molar-refractivity contribution in [2.45, 2.75) is 0 Å². The van der Waals surface area contributed by atoms with Gasteiger partial charge in [0.1, 0.15) is 5.58 Å². The first-order valence-corrected chi connectivity index (χ1v) is 11.3. The molecular weight excluding hydrogens is 418 g/mol. The van der Waals surface area contributed by atoms with E-state index in [0.29, 0.717) is 0 Å². The molecule has 34 heavy (non-hydrogen) atoms. The minimum Gasteiger partial charge on any atom is -0.454 e. The first-order chi connectivity index (χ1) is 16.9. The highest BCUT2D eigenvalue weighted by molar-refractivity contribution is 6.22. The van der Waals surface area contributed by atoms with Crippen LogP contribution in [0.2, 0.25) is 0 Å². The summed E-state index contributed by atoms with van der Waals surface area (Å²) >= 11 is 0. The molecule has 158 valence electrons. The minimum absolute atomic E-state index is 0.896. The molecule has 0 saturated heterocycles. The second-order valence-electron chi connectivity index (χ2n) is 8.66. The van der Waals surface area contributed by atoms with Crippen LogP contribution in [0.25, 0.3) is 71.2 Å². The van der Waals surface area contributed by atoms with Crippen LogP contribution in [0, 0.1) is 0 Å². The van der Waals surface area contributed by atoms with Crippen molar-refractivity contribution >= 4 is 65.6 Å². The number of benzene rings is 4. The lowest BCUT2D eigenvalue weighted by atomic mass is 10.1. The highest BCUT2D eigenvalue weighted by Crippen LogP contribution is 2.41. The number of hydrogen-bond acceptors (Lipinski definition) is 3. The number of aromatic nitrogens is 3. The predicted molar refractivity (Wildman–Crippen MR) is 139 cm³/mol. The van der Waals surface area contributed by atoms with E-state index in [2.05, 4.69) is 77.4 Å². The van der Waals surface area contributed by atoms with E-state index in [4.69, 9.17) is 14.4 Å². The molecule has 0 radical (unpaired) electrons. The summed E-state index contributed by atoms with van der Waals surface area (Å²) in [5, 5.41) is 6.67. The zero-order valence-corrected chi connectivity index (χ0v) is 18.1. The Hall–Kier alpha value is -4.70. The number of hydrogen-bond donors (Lipinski definition) is 0. The first kappa shape index (κ1) is 17.8. The van der Waals surface area contributed by atoms with Crippen LogP contribution in [0.4, 0.5) is 0 Å². The molecule has 0 unspecified atom stereocenters. The van der Waals surface area contributed by atoms with Crippen LogP contribution >= 0.6 is 0 Å². The fraction of sp³-hybridized carbons (Fsp3) is 0. The number of nitrogens with zero attached hydrogens (tertiary/aromatic N) is 3. The van der Waals surface area contributed by atoms with Crippen molar-refractivity contribution in [3.05, 3.63) is 103 Å². The van der Waals surface area contributed by atoms with E-state index in [0.717, 1.165) is 60.5 Å². The Morgan fingerprint density at radius 3 is 2.47 bits per heavy atom. The summed E-state index contributed by atoms with van der Waals surface area (Å²) in [6.45, 7) is 0. The van der Waals surface area contributed by atoms with Gasteiger partial charge in [0.15, 0.2) is 5.58 Å². The van der Waals surface area contributed by atoms with Gasteiger partial charge in [-0.05, 0) is 42.5 Å². The lowest BCUT2D eigenvalue weighted by Gasteiger charge is -2.12. The fourth-order valence-corrected chi connectivity index (χ4v) is 5.42. The highest BCUT2D eigenvalue weighted by Gasteiger charge is 2.20. The second-order valence-corrected chi connectivity index (χ2v) is 8.66. The molecule has 0 bridgehead atoms. The molecule has 0 aliphatic heterocycles. The summed E-state index contributed by atoms with van der Waals surface area (Å²) in [6, 6.07) is 31.5. The van der Waals surface area contributed by atoms with E-state index in [-0.39, 0.29) is 0 Å². The Balaban J connectivity index is 1.66. The third-order valence-electron chi connectivity index (χ3n) is 6.86. The van der Waals surface area contributed by atoms with Crippen LogP contribution in [0.3, 0.4) is 0 Å². The van der Waals surface area contributed by atoms with Crippen LogP contribution in [0.15, 0.2) is 108 Å². The number of furan rings is 1. The quantitative estimate of drug-likeness (QED) is 0.247. The summed E-state index contributed by atoms with van der Waals surface area (Å²) in [6.07, 6.45) is 3.75. The Bertz CT molecular complexity index is 2080. The predicted octanol–water partition coefficient (Wildman–Crippen LogP) is 7.78. The molecule has 8 aromatic rings. The molecule has 0 atom stereocenters. The average Bonchev–Trinajstić information content (AvgIpc) is 3.44. The maximum absolute atomic E-state index is 6.50. The zero-order chi connectivity index (χ0) is 22.2. The van der Waals surface area contributed by atoms with Crippen molar-refractivity contribution in [3.63, 3.8) is 0 Å². The Labute approximate surface area is 193 Å². The third-order valence-corrected chi connectivity index (χ3v) is 6.86. The van der Waals surface area contributed by atoms with Crippen LogP contribution < -0.4 is 0 Å². The van der Waals surface area contributed by atoms with Gasteiger partial charge < -0.3 is 8.98 Å². The second kappa shape index (κ2) is 6.42. The van der Waals surface area contributed by atoms with Crippen molar-refractivity contribution in [2.24, 2.45) is 0 Å². The molecule has 0 spiro atoms. The van der Waals surface area contributed by atoms with E-state index in [1.165, 1.54) is 10.8 Å². The van der Waals surface area contributed by atoms with Gasteiger partial charge in [-0.25, -0.2) is 0 Å². The number of rotatable bonds is 1. The van der Waals surface area contributed by atoms with Gasteiger partial charge in [0.2, 0.25) is 0 Å². The fourth-order valence-electron chi connectivity index (χ4n) is 5.42. The molecule has 8 rings (SSSR count). The molecular formula is C30H17N3O. The largest absolute Gasteiger partial charge is 0.454 e. The van der Waals surface area contributed by atoms with Crippen LogP contribution in [-0.4, -0.2) is 14.5 Å². The molecule has 0 aliphatic carbocycles. The van der Waals surface area contributed by atoms with E-state index in [9.17, 15) is 0 Å². The Morgan fingerprint density at radius 1 is 0.647 bits per heavy atom. The van der Waals surface area contributed by atoms with Gasteiger partial charge in [0, 0.05) is 39.3 Å². The first-order valence-electron chi connectivity index (χ1n) is 11.3. The molecule has 4 nitrogen and oxygen atoms in total. The normalized spacial score (nSPS) is 12.1. The van der Waals surface area contributed by atoms with Crippen LogP contribution in [0.5, 0.6) is 0 Å². The maximum Gasteiger partial charge on any atom is 0.160 e. The van der Waals surface area contributed by atoms with Crippen LogP contribution in [0.1, 0.15) is 0 Å². The molecule has 4 aromatic heterocycles. The minimum atomic E-state index is 0.896. The average molecular weight is 435 g/mol. The van der Waals surface area contributed by atoms with Gasteiger partial charge in [-0.2, -0.15) is 0 Å². The van der Waals surface area contributed by atoms with Gasteiger partial charge in [-0.1, -0.05) is 48.5 Å². The van der Waals surface area contributed by atoms with E-state index in [1.807, 2.05) is 30.6 Å². The number of para-hydroxylation sites is 2. The molecule has 0 saturated carbocycles. The maximum atomic E-state index is 6.50. The molecule has 4 heteroatoms. The molecule has 4 aromatic carbocycles. The van der Waals surface area contributed by atoms with Crippen LogP contribution in [-0.2, 0) is 0 Å². The van der Waals surface area contributed by atoms with Gasteiger partial charge in [0.05, 0.1) is 33.1 Å². The molecule has 0 fully saturated rings. The highest BCUT2D eigenvalue weighted by atomic mass is 16.3. The Kier molecular flexibility index (Phi) is 3.36. The van der Waals surface area contributed by atoms with E-state index in [1.54, 1.807) is 0 Å². The van der Waals surface area contributed by atoms with E-state index < -0.39 is 0 Å². The lowest BCUT2D eigenvalue weighted by molar-refractivity contribution is 0.671. The smallest absolute Gasteiger partial charge is 0.160 e. The monoisotopic (exact) mass is 435 g/mol. The number of pyridine rings is 2. The molecule has 4 heterocycles. The summed E-state index contributed by atoms with van der Waals surface area (Å²) in [4.78, 5) is 9.52.